The highest BCUT2D eigenvalue weighted by Gasteiger charge is 2.28. The predicted molar refractivity (Wildman–Crippen MR) is 109 cm³/mol. The Balaban J connectivity index is 1.46. The minimum atomic E-state index is -0.518. The van der Waals surface area contributed by atoms with Crippen LogP contribution in [0.1, 0.15) is 49.0 Å². The molecule has 2 aromatic carbocycles. The number of carbonyl (C=O) groups is 1. The first kappa shape index (κ1) is 19.7. The van der Waals surface area contributed by atoms with Crippen LogP contribution in [0.4, 0.5) is 5.69 Å². The summed E-state index contributed by atoms with van der Waals surface area (Å²) in [4.78, 5) is 12.8. The van der Waals surface area contributed by atoms with Gasteiger partial charge in [0.15, 0.2) is 17.6 Å². The normalized spacial score (nSPS) is 16.0. The molecule has 0 saturated heterocycles. The number of aromatic nitrogens is 4. The van der Waals surface area contributed by atoms with Crippen LogP contribution < -0.4 is 19.5 Å². The van der Waals surface area contributed by atoms with Crippen molar-refractivity contribution in [3.63, 3.8) is 0 Å². The Morgan fingerprint density at radius 3 is 2.87 bits per heavy atom. The van der Waals surface area contributed by atoms with E-state index in [1.807, 2.05) is 6.92 Å². The molecule has 2 atom stereocenters. The van der Waals surface area contributed by atoms with Crippen LogP contribution in [0.25, 0.3) is 0 Å². The minimum absolute atomic E-state index is 0.134. The second kappa shape index (κ2) is 8.81. The highest BCUT2D eigenvalue weighted by atomic mass is 16.6. The average Bonchev–Trinajstić information content (AvgIpc) is 3.29. The number of rotatable bonds is 7. The number of nitrogens with one attached hydrogen (secondary N) is 2. The van der Waals surface area contributed by atoms with Gasteiger partial charge in [-0.3, -0.25) is 4.79 Å². The Kier molecular flexibility index (Phi) is 5.78. The van der Waals surface area contributed by atoms with Crippen molar-refractivity contribution in [1.29, 1.82) is 0 Å². The molecule has 0 fully saturated rings. The number of hydrogen-bond acceptors (Lipinski definition) is 7. The van der Waals surface area contributed by atoms with Gasteiger partial charge in [0.1, 0.15) is 12.4 Å². The molecule has 30 heavy (non-hydrogen) atoms. The van der Waals surface area contributed by atoms with E-state index in [9.17, 15) is 4.79 Å². The molecule has 1 aliphatic heterocycles. The quantitative estimate of drug-likeness (QED) is 0.614. The van der Waals surface area contributed by atoms with Crippen LogP contribution in [0.2, 0.25) is 0 Å². The fourth-order valence-electron chi connectivity index (χ4n) is 3.20. The lowest BCUT2D eigenvalue weighted by molar-refractivity contribution is 0.0856. The number of tetrazole rings is 1. The van der Waals surface area contributed by atoms with Gasteiger partial charge in [-0.2, -0.15) is 5.21 Å². The zero-order valence-electron chi connectivity index (χ0n) is 16.8. The van der Waals surface area contributed by atoms with Crippen molar-refractivity contribution in [3.05, 3.63) is 53.9 Å². The molecule has 156 valence electrons. The van der Waals surface area contributed by atoms with Crippen LogP contribution in [-0.4, -0.2) is 39.2 Å². The average molecular weight is 409 g/mol. The molecule has 0 aliphatic carbocycles. The number of para-hydroxylation sites is 1. The number of ether oxygens (including phenoxy) is 3. The smallest absolute Gasteiger partial charge is 0.255 e. The summed E-state index contributed by atoms with van der Waals surface area (Å²) in [7, 11) is 0. The van der Waals surface area contributed by atoms with Crippen LogP contribution in [0.3, 0.4) is 0 Å². The second-order valence-electron chi connectivity index (χ2n) is 7.02. The molecule has 2 unspecified atom stereocenters. The van der Waals surface area contributed by atoms with E-state index in [4.69, 9.17) is 14.2 Å². The van der Waals surface area contributed by atoms with Gasteiger partial charge >= 0.3 is 0 Å². The third kappa shape index (κ3) is 4.35. The second-order valence-corrected chi connectivity index (χ2v) is 7.02. The maximum Gasteiger partial charge on any atom is 0.255 e. The van der Waals surface area contributed by atoms with Gasteiger partial charge in [0, 0.05) is 5.56 Å². The van der Waals surface area contributed by atoms with E-state index in [0.29, 0.717) is 28.6 Å². The SMILES string of the molecule is CCCC(C)Oc1ccc(C(=O)Nc2cccc3c2OC(c2nn[nH]n2)CO3)cc1. The first-order chi connectivity index (χ1) is 14.6. The molecule has 0 saturated carbocycles. The molecule has 1 amide bonds. The number of aromatic amines is 1. The fourth-order valence-corrected chi connectivity index (χ4v) is 3.20. The number of H-pyrrole nitrogens is 1. The van der Waals surface area contributed by atoms with E-state index in [1.165, 1.54) is 0 Å². The van der Waals surface area contributed by atoms with Gasteiger partial charge in [-0.05, 0) is 49.7 Å². The van der Waals surface area contributed by atoms with E-state index in [0.717, 1.165) is 18.6 Å². The van der Waals surface area contributed by atoms with Gasteiger partial charge in [-0.25, -0.2) is 0 Å². The van der Waals surface area contributed by atoms with E-state index in [1.54, 1.807) is 42.5 Å². The van der Waals surface area contributed by atoms with Crippen molar-refractivity contribution < 1.29 is 19.0 Å². The number of amides is 1. The molecule has 4 rings (SSSR count). The molecule has 3 aromatic rings. The van der Waals surface area contributed by atoms with E-state index >= 15 is 0 Å². The molecule has 9 nitrogen and oxygen atoms in total. The van der Waals surface area contributed by atoms with Crippen LogP contribution in [0.15, 0.2) is 42.5 Å². The minimum Gasteiger partial charge on any atom is -0.491 e. The Morgan fingerprint density at radius 1 is 1.30 bits per heavy atom. The van der Waals surface area contributed by atoms with Crippen molar-refractivity contribution in [2.24, 2.45) is 0 Å². The summed E-state index contributed by atoms with van der Waals surface area (Å²) in [5.41, 5.74) is 1.01. The number of nitrogens with zero attached hydrogens (tertiary/aromatic N) is 3. The summed E-state index contributed by atoms with van der Waals surface area (Å²) in [5.74, 6) is 1.84. The first-order valence-corrected chi connectivity index (χ1v) is 9.88. The maximum atomic E-state index is 12.8. The Morgan fingerprint density at radius 2 is 2.13 bits per heavy atom. The summed E-state index contributed by atoms with van der Waals surface area (Å²) in [5, 5.41) is 16.7. The van der Waals surface area contributed by atoms with Crippen molar-refractivity contribution in [2.75, 3.05) is 11.9 Å². The molecule has 1 aliphatic rings. The zero-order valence-corrected chi connectivity index (χ0v) is 16.8. The summed E-state index contributed by atoms with van der Waals surface area (Å²) in [6.45, 7) is 4.41. The zero-order chi connectivity index (χ0) is 20.9. The summed E-state index contributed by atoms with van der Waals surface area (Å²) >= 11 is 0. The number of fused-ring (bicyclic) bond motifs is 1. The van der Waals surface area contributed by atoms with Gasteiger partial charge in [-0.15, -0.1) is 10.2 Å². The number of anilines is 1. The van der Waals surface area contributed by atoms with Crippen molar-refractivity contribution >= 4 is 11.6 Å². The topological polar surface area (TPSA) is 111 Å². The fraction of sp³-hybridized carbons (Fsp3) is 0.333. The largest absolute Gasteiger partial charge is 0.491 e. The van der Waals surface area contributed by atoms with E-state index in [-0.39, 0.29) is 18.6 Å². The van der Waals surface area contributed by atoms with Crippen LogP contribution in [0, 0.1) is 0 Å². The van der Waals surface area contributed by atoms with Gasteiger partial charge in [0.25, 0.3) is 5.91 Å². The van der Waals surface area contributed by atoms with Gasteiger partial charge in [0.2, 0.25) is 5.82 Å². The Bertz CT molecular complexity index is 991. The molecular weight excluding hydrogens is 386 g/mol. The molecule has 0 spiro atoms. The lowest BCUT2D eigenvalue weighted by Crippen LogP contribution is -2.24. The van der Waals surface area contributed by atoms with Crippen LogP contribution in [0.5, 0.6) is 17.2 Å². The lowest BCUT2D eigenvalue weighted by atomic mass is 10.1. The number of carbonyl (C=O) groups excluding carboxylic acids is 1. The predicted octanol–water partition coefficient (Wildman–Crippen LogP) is 3.53. The standard InChI is InChI=1S/C21H23N5O4/c1-3-5-13(2)29-15-10-8-14(9-11-15)21(27)22-16-6-4-7-17-19(16)30-18(12-28-17)20-23-25-26-24-20/h4,6-11,13,18H,3,5,12H2,1-2H3,(H,22,27)(H,23,24,25,26). The summed E-state index contributed by atoms with van der Waals surface area (Å²) in [6.07, 6.45) is 1.65. The summed E-state index contributed by atoms with van der Waals surface area (Å²) < 4.78 is 17.6. The lowest BCUT2D eigenvalue weighted by Gasteiger charge is -2.26. The van der Waals surface area contributed by atoms with Gasteiger partial charge in [0.05, 0.1) is 11.8 Å². The van der Waals surface area contributed by atoms with Gasteiger partial charge in [-0.1, -0.05) is 24.6 Å². The van der Waals surface area contributed by atoms with E-state index in [2.05, 4.69) is 32.9 Å². The maximum absolute atomic E-state index is 12.8. The van der Waals surface area contributed by atoms with Crippen molar-refractivity contribution in [1.82, 2.24) is 20.6 Å². The number of hydrogen-bond donors (Lipinski definition) is 2. The van der Waals surface area contributed by atoms with E-state index < -0.39 is 6.10 Å². The summed E-state index contributed by atoms with van der Waals surface area (Å²) in [6, 6.07) is 12.4. The molecule has 2 N–H and O–H groups in total. The molecule has 2 heterocycles. The van der Waals surface area contributed by atoms with Crippen molar-refractivity contribution in [3.8, 4) is 17.2 Å². The van der Waals surface area contributed by atoms with Crippen LogP contribution >= 0.6 is 0 Å². The third-order valence-corrected chi connectivity index (χ3v) is 4.68. The third-order valence-electron chi connectivity index (χ3n) is 4.68. The molecule has 9 heteroatoms. The van der Waals surface area contributed by atoms with Crippen molar-refractivity contribution in [2.45, 2.75) is 38.9 Å². The number of benzene rings is 2. The monoisotopic (exact) mass is 409 g/mol. The molecule has 1 aromatic heterocycles. The Labute approximate surface area is 173 Å². The highest BCUT2D eigenvalue weighted by molar-refractivity contribution is 6.05. The molecule has 0 radical (unpaired) electrons. The highest BCUT2D eigenvalue weighted by Crippen LogP contribution is 2.41. The first-order valence-electron chi connectivity index (χ1n) is 9.88. The molecule has 0 bridgehead atoms. The van der Waals surface area contributed by atoms with Gasteiger partial charge < -0.3 is 19.5 Å². The Hall–Kier alpha value is -3.62. The van der Waals surface area contributed by atoms with Crippen LogP contribution in [-0.2, 0) is 0 Å². The molecular formula is C21H23N5O4.